The fraction of sp³-hybridized carbons (Fsp3) is 0.560. The van der Waals surface area contributed by atoms with E-state index in [-0.39, 0.29) is 23.8 Å². The van der Waals surface area contributed by atoms with Crippen molar-refractivity contribution >= 4 is 23.5 Å². The molecule has 1 spiro atoms. The van der Waals surface area contributed by atoms with Crippen molar-refractivity contribution in [3.63, 3.8) is 0 Å². The minimum Gasteiger partial charge on any atom is -0.449 e. The number of hydrogen-bond donors (Lipinski definition) is 2. The monoisotopic (exact) mass is 455 g/mol. The standard InChI is InChI=1S/C25H33N3O5/c1-17(2)15-33-24(31)28-16-25(10-11-25)14-20(22(29)26-32)21(28)23(30)27-12-8-19(9-13-27)18-6-4-3-5-7-18/h3-8,17,20-21,32H,9-16H2,1-2H3,(H,26,29)/t20?,21-/m0/s1. The number of likely N-dealkylation sites (tertiary alicyclic amines) is 1. The number of nitrogens with zero attached hydrogens (tertiary/aromatic N) is 2. The molecule has 2 N–H and O–H groups in total. The highest BCUT2D eigenvalue weighted by Gasteiger charge is 2.57. The Kier molecular flexibility index (Phi) is 6.74. The number of nitrogens with one attached hydrogen (secondary N) is 1. The van der Waals surface area contributed by atoms with Crippen LogP contribution in [0.15, 0.2) is 36.4 Å². The van der Waals surface area contributed by atoms with E-state index in [1.807, 2.05) is 50.3 Å². The summed E-state index contributed by atoms with van der Waals surface area (Å²) in [4.78, 5) is 42.5. The number of carbonyl (C=O) groups excluding carboxylic acids is 3. The molecule has 3 amide bonds. The average molecular weight is 456 g/mol. The molecule has 1 saturated heterocycles. The van der Waals surface area contributed by atoms with Crippen LogP contribution in [0.2, 0.25) is 0 Å². The maximum absolute atomic E-state index is 13.7. The summed E-state index contributed by atoms with van der Waals surface area (Å²) in [7, 11) is 0. The second kappa shape index (κ2) is 9.55. The fourth-order valence-electron chi connectivity index (χ4n) is 4.95. The Morgan fingerprint density at radius 1 is 1.21 bits per heavy atom. The lowest BCUT2D eigenvalue weighted by Crippen LogP contribution is -2.62. The molecule has 1 aliphatic carbocycles. The lowest BCUT2D eigenvalue weighted by molar-refractivity contribution is -0.150. The molecule has 178 valence electrons. The van der Waals surface area contributed by atoms with Gasteiger partial charge in [-0.25, -0.2) is 10.3 Å². The zero-order chi connectivity index (χ0) is 23.6. The predicted molar refractivity (Wildman–Crippen MR) is 122 cm³/mol. The Bertz CT molecular complexity index is 925. The van der Waals surface area contributed by atoms with Crippen LogP contribution >= 0.6 is 0 Å². The van der Waals surface area contributed by atoms with Gasteiger partial charge in [-0.1, -0.05) is 50.3 Å². The third kappa shape index (κ3) is 5.05. The average Bonchev–Trinajstić information content (AvgIpc) is 3.59. The van der Waals surface area contributed by atoms with Gasteiger partial charge in [-0.3, -0.25) is 19.7 Å². The highest BCUT2D eigenvalue weighted by molar-refractivity contribution is 5.93. The van der Waals surface area contributed by atoms with Gasteiger partial charge < -0.3 is 9.64 Å². The zero-order valence-electron chi connectivity index (χ0n) is 19.3. The number of ether oxygens (including phenoxy) is 1. The smallest absolute Gasteiger partial charge is 0.410 e. The molecule has 1 aromatic carbocycles. The summed E-state index contributed by atoms with van der Waals surface area (Å²) >= 11 is 0. The number of piperidine rings is 1. The molecule has 0 radical (unpaired) electrons. The molecule has 1 saturated carbocycles. The van der Waals surface area contributed by atoms with Crippen LogP contribution in [0.5, 0.6) is 0 Å². The zero-order valence-corrected chi connectivity index (χ0v) is 19.3. The molecule has 4 rings (SSSR count). The third-order valence-corrected chi connectivity index (χ3v) is 6.97. The van der Waals surface area contributed by atoms with Crippen molar-refractivity contribution in [1.29, 1.82) is 0 Å². The van der Waals surface area contributed by atoms with E-state index in [1.54, 1.807) is 10.4 Å². The highest BCUT2D eigenvalue weighted by atomic mass is 16.6. The quantitative estimate of drug-likeness (QED) is 0.525. The summed E-state index contributed by atoms with van der Waals surface area (Å²) in [6.07, 6.45) is 4.42. The van der Waals surface area contributed by atoms with Crippen molar-refractivity contribution in [1.82, 2.24) is 15.3 Å². The fourth-order valence-corrected chi connectivity index (χ4v) is 4.95. The highest BCUT2D eigenvalue weighted by Crippen LogP contribution is 2.55. The lowest BCUT2D eigenvalue weighted by Gasteiger charge is -2.44. The molecule has 2 aliphatic heterocycles. The molecule has 8 nitrogen and oxygen atoms in total. The van der Waals surface area contributed by atoms with Gasteiger partial charge in [0, 0.05) is 19.6 Å². The Morgan fingerprint density at radius 3 is 2.52 bits per heavy atom. The number of carbonyl (C=O) groups is 3. The van der Waals surface area contributed by atoms with Crippen LogP contribution in [0.25, 0.3) is 5.57 Å². The summed E-state index contributed by atoms with van der Waals surface area (Å²) in [6.45, 7) is 5.44. The van der Waals surface area contributed by atoms with Gasteiger partial charge in [-0.2, -0.15) is 0 Å². The van der Waals surface area contributed by atoms with E-state index in [0.29, 0.717) is 32.5 Å². The van der Waals surface area contributed by atoms with Gasteiger partial charge in [0.2, 0.25) is 11.8 Å². The van der Waals surface area contributed by atoms with Gasteiger partial charge in [0.25, 0.3) is 0 Å². The largest absolute Gasteiger partial charge is 0.449 e. The molecule has 1 aromatic rings. The number of hydrogen-bond acceptors (Lipinski definition) is 5. The maximum Gasteiger partial charge on any atom is 0.410 e. The second-order valence-corrected chi connectivity index (χ2v) is 9.96. The van der Waals surface area contributed by atoms with Crippen LogP contribution < -0.4 is 5.48 Å². The van der Waals surface area contributed by atoms with Gasteiger partial charge >= 0.3 is 6.09 Å². The summed E-state index contributed by atoms with van der Waals surface area (Å²) in [5, 5.41) is 9.38. The van der Waals surface area contributed by atoms with Crippen molar-refractivity contribution < 1.29 is 24.3 Å². The number of amides is 3. The number of benzene rings is 1. The van der Waals surface area contributed by atoms with Gasteiger partial charge in [0.05, 0.1) is 12.5 Å². The lowest BCUT2D eigenvalue weighted by atomic mass is 9.79. The molecule has 33 heavy (non-hydrogen) atoms. The van der Waals surface area contributed by atoms with Crippen molar-refractivity contribution in [2.24, 2.45) is 17.3 Å². The Morgan fingerprint density at radius 2 is 1.94 bits per heavy atom. The minimum atomic E-state index is -0.991. The SMILES string of the molecule is CC(C)COC(=O)N1CC2(CC2)CC(C(=O)NO)[C@H]1C(=O)N1CC=C(c2ccccc2)CC1. The first-order chi connectivity index (χ1) is 15.8. The van der Waals surface area contributed by atoms with Gasteiger partial charge in [-0.05, 0) is 48.2 Å². The van der Waals surface area contributed by atoms with Crippen LogP contribution in [-0.2, 0) is 14.3 Å². The van der Waals surface area contributed by atoms with Crippen LogP contribution in [0.3, 0.4) is 0 Å². The molecule has 1 unspecified atom stereocenters. The summed E-state index contributed by atoms with van der Waals surface area (Å²) in [6, 6.07) is 9.05. The normalized spacial score (nSPS) is 23.8. The summed E-state index contributed by atoms with van der Waals surface area (Å²) < 4.78 is 5.48. The van der Waals surface area contributed by atoms with Crippen molar-refractivity contribution in [2.45, 2.75) is 45.6 Å². The molecular formula is C25H33N3O5. The molecule has 2 heterocycles. The molecule has 2 fully saturated rings. The Balaban J connectivity index is 1.56. The van der Waals surface area contributed by atoms with Crippen LogP contribution in [0.4, 0.5) is 4.79 Å². The van der Waals surface area contributed by atoms with Gasteiger partial charge in [0.15, 0.2) is 0 Å². The van der Waals surface area contributed by atoms with E-state index in [1.165, 1.54) is 10.5 Å². The van der Waals surface area contributed by atoms with Crippen LogP contribution in [-0.4, -0.2) is 65.2 Å². The number of hydroxylamine groups is 1. The molecular weight excluding hydrogens is 422 g/mol. The van der Waals surface area contributed by atoms with E-state index in [0.717, 1.165) is 18.4 Å². The van der Waals surface area contributed by atoms with E-state index >= 15 is 0 Å². The van der Waals surface area contributed by atoms with Crippen molar-refractivity contribution in [3.05, 3.63) is 42.0 Å². The molecule has 0 aromatic heterocycles. The Hall–Kier alpha value is -2.87. The van der Waals surface area contributed by atoms with E-state index in [2.05, 4.69) is 0 Å². The predicted octanol–water partition coefficient (Wildman–Crippen LogP) is 3.07. The van der Waals surface area contributed by atoms with E-state index in [9.17, 15) is 19.6 Å². The Labute approximate surface area is 194 Å². The minimum absolute atomic E-state index is 0.156. The molecule has 8 heteroatoms. The molecule has 2 atom stereocenters. The topological polar surface area (TPSA) is 99.2 Å². The third-order valence-electron chi connectivity index (χ3n) is 6.97. The molecule has 0 bridgehead atoms. The molecule has 3 aliphatic rings. The van der Waals surface area contributed by atoms with Crippen LogP contribution in [0, 0.1) is 17.3 Å². The first-order valence-electron chi connectivity index (χ1n) is 11.7. The van der Waals surface area contributed by atoms with Crippen molar-refractivity contribution in [3.8, 4) is 0 Å². The first-order valence-corrected chi connectivity index (χ1v) is 11.7. The summed E-state index contributed by atoms with van der Waals surface area (Å²) in [5.41, 5.74) is 3.86. The van der Waals surface area contributed by atoms with E-state index < -0.39 is 24.0 Å². The van der Waals surface area contributed by atoms with E-state index in [4.69, 9.17) is 4.74 Å². The van der Waals surface area contributed by atoms with Gasteiger partial charge in [0.1, 0.15) is 6.04 Å². The van der Waals surface area contributed by atoms with Crippen molar-refractivity contribution in [2.75, 3.05) is 26.2 Å². The number of rotatable bonds is 5. The first kappa shape index (κ1) is 23.3. The van der Waals surface area contributed by atoms with Crippen LogP contribution in [0.1, 0.15) is 45.1 Å². The maximum atomic E-state index is 13.7. The van der Waals surface area contributed by atoms with Gasteiger partial charge in [-0.15, -0.1) is 0 Å². The second-order valence-electron chi connectivity index (χ2n) is 9.96. The summed E-state index contributed by atoms with van der Waals surface area (Å²) in [5.74, 6) is -1.56.